The molecule has 2 aliphatic heterocycles. The van der Waals surface area contributed by atoms with Gasteiger partial charge in [0.05, 0.1) is 17.9 Å². The Morgan fingerprint density at radius 3 is 2.38 bits per heavy atom. The Morgan fingerprint density at radius 1 is 1.22 bits per heavy atom. The van der Waals surface area contributed by atoms with Gasteiger partial charge in [-0.25, -0.2) is 4.31 Å². The zero-order valence-corrected chi connectivity index (χ0v) is 18.9. The SMILES string of the molecule is C=O.CNC1CC(C(F)(F)F)C1.N#CC1CN(Sc2cccc(C(=O)N3CCCC3)c2)C1. The quantitative estimate of drug-likeness (QED) is 0.676. The summed E-state index contributed by atoms with van der Waals surface area (Å²) in [5, 5.41) is 11.6. The Balaban J connectivity index is 0.000000255. The van der Waals surface area contributed by atoms with Crippen LogP contribution in [0.4, 0.5) is 13.2 Å². The molecule has 1 aliphatic carbocycles. The van der Waals surface area contributed by atoms with Gasteiger partial charge in [0.2, 0.25) is 0 Å². The van der Waals surface area contributed by atoms with Gasteiger partial charge in [0.15, 0.2) is 0 Å². The monoisotopic (exact) mass is 470 g/mol. The number of alkyl halides is 3. The number of hydrogen-bond donors (Lipinski definition) is 1. The lowest BCUT2D eigenvalue weighted by molar-refractivity contribution is -0.198. The molecule has 0 bridgehead atoms. The van der Waals surface area contributed by atoms with Gasteiger partial charge < -0.3 is 15.0 Å². The standard InChI is InChI=1S/C15H17N3OS.C6H10F3N.CH2O/c16-9-12-10-18(11-12)20-14-5-3-4-13(8-14)15(19)17-6-1-2-7-17;1-10-5-2-4(3-5)6(7,8)9;1-2/h3-5,8,12H,1-2,6-7,10-11H2;4-5,10H,2-3H2,1H3;1H2. The van der Waals surface area contributed by atoms with Crippen molar-refractivity contribution in [3.8, 4) is 6.07 Å². The van der Waals surface area contributed by atoms with Crippen molar-refractivity contribution in [1.82, 2.24) is 14.5 Å². The van der Waals surface area contributed by atoms with Gasteiger partial charge in [-0.3, -0.25) is 4.79 Å². The first kappa shape index (κ1) is 26.2. The molecular weight excluding hydrogens is 441 g/mol. The molecule has 176 valence electrons. The molecule has 0 unspecified atom stereocenters. The number of benzene rings is 1. The number of nitrogens with one attached hydrogen (secondary N) is 1. The third-order valence-corrected chi connectivity index (χ3v) is 6.77. The molecule has 1 saturated carbocycles. The Kier molecular flexibility index (Phi) is 10.0. The zero-order chi connectivity index (χ0) is 23.7. The Labute approximate surface area is 191 Å². The van der Waals surface area contributed by atoms with E-state index in [1.165, 1.54) is 0 Å². The highest BCUT2D eigenvalue weighted by atomic mass is 32.2. The Hall–Kier alpha value is -2.09. The van der Waals surface area contributed by atoms with Crippen LogP contribution in [0.5, 0.6) is 0 Å². The van der Waals surface area contributed by atoms with Crippen LogP contribution in [0.15, 0.2) is 29.2 Å². The molecular formula is C22H29F3N4O2S. The molecule has 2 saturated heterocycles. The van der Waals surface area contributed by atoms with Gasteiger partial charge in [-0.05, 0) is 62.9 Å². The first-order chi connectivity index (χ1) is 15.3. The number of carbonyl (C=O) groups excluding carboxylic acids is 2. The third-order valence-electron chi connectivity index (χ3n) is 5.75. The van der Waals surface area contributed by atoms with Crippen molar-refractivity contribution in [3.63, 3.8) is 0 Å². The van der Waals surface area contributed by atoms with E-state index in [0.717, 1.165) is 49.5 Å². The minimum atomic E-state index is -3.96. The van der Waals surface area contributed by atoms with E-state index >= 15 is 0 Å². The molecule has 1 N–H and O–H groups in total. The van der Waals surface area contributed by atoms with Crippen LogP contribution in [0, 0.1) is 23.2 Å². The van der Waals surface area contributed by atoms with E-state index in [4.69, 9.17) is 10.1 Å². The van der Waals surface area contributed by atoms with Crippen LogP contribution >= 0.6 is 11.9 Å². The van der Waals surface area contributed by atoms with E-state index in [0.29, 0.717) is 0 Å². The van der Waals surface area contributed by atoms with Crippen LogP contribution in [0.2, 0.25) is 0 Å². The second-order valence-electron chi connectivity index (χ2n) is 7.99. The van der Waals surface area contributed by atoms with Gasteiger partial charge in [-0.1, -0.05) is 6.07 Å². The predicted octanol–water partition coefficient (Wildman–Crippen LogP) is 3.75. The summed E-state index contributed by atoms with van der Waals surface area (Å²) >= 11 is 1.64. The number of rotatable bonds is 4. The highest BCUT2D eigenvalue weighted by molar-refractivity contribution is 7.97. The van der Waals surface area contributed by atoms with Crippen molar-refractivity contribution in [2.45, 2.75) is 42.8 Å². The zero-order valence-electron chi connectivity index (χ0n) is 18.1. The second kappa shape index (κ2) is 12.2. The van der Waals surface area contributed by atoms with Crippen molar-refractivity contribution >= 4 is 24.6 Å². The predicted molar refractivity (Wildman–Crippen MR) is 117 cm³/mol. The summed E-state index contributed by atoms with van der Waals surface area (Å²) in [4.78, 5) is 23.3. The molecule has 32 heavy (non-hydrogen) atoms. The molecule has 3 fully saturated rings. The minimum Gasteiger partial charge on any atom is -0.339 e. The van der Waals surface area contributed by atoms with Crippen LogP contribution in [-0.2, 0) is 4.79 Å². The molecule has 3 aliphatic rings. The number of halogens is 3. The van der Waals surface area contributed by atoms with Crippen molar-refractivity contribution in [2.75, 3.05) is 33.2 Å². The molecule has 2 heterocycles. The summed E-state index contributed by atoms with van der Waals surface area (Å²) in [6, 6.07) is 10.2. The summed E-state index contributed by atoms with van der Waals surface area (Å²) < 4.78 is 37.5. The minimum absolute atomic E-state index is 0.0895. The number of hydrogen-bond acceptors (Lipinski definition) is 6. The lowest BCUT2D eigenvalue weighted by Crippen LogP contribution is -2.45. The van der Waals surface area contributed by atoms with E-state index in [1.54, 1.807) is 19.0 Å². The summed E-state index contributed by atoms with van der Waals surface area (Å²) in [6.45, 7) is 5.38. The first-order valence-corrected chi connectivity index (χ1v) is 11.3. The fraction of sp³-hybridized carbons (Fsp3) is 0.591. The average molecular weight is 471 g/mol. The summed E-state index contributed by atoms with van der Waals surface area (Å²) in [5.41, 5.74) is 0.772. The molecule has 1 aromatic rings. The highest BCUT2D eigenvalue weighted by Crippen LogP contribution is 2.40. The van der Waals surface area contributed by atoms with Gasteiger partial charge in [0, 0.05) is 42.7 Å². The van der Waals surface area contributed by atoms with E-state index in [9.17, 15) is 18.0 Å². The lowest BCUT2D eigenvalue weighted by Gasteiger charge is -2.36. The molecule has 4 rings (SSSR count). The molecule has 10 heteroatoms. The van der Waals surface area contributed by atoms with Gasteiger partial charge in [0.25, 0.3) is 5.91 Å². The smallest absolute Gasteiger partial charge is 0.339 e. The molecule has 6 nitrogen and oxygen atoms in total. The topological polar surface area (TPSA) is 76.4 Å². The van der Waals surface area contributed by atoms with Gasteiger partial charge in [-0.2, -0.15) is 18.4 Å². The maximum atomic E-state index is 12.3. The number of likely N-dealkylation sites (tertiary alicyclic amines) is 1. The maximum Gasteiger partial charge on any atom is 0.391 e. The molecule has 0 radical (unpaired) electrons. The van der Waals surface area contributed by atoms with Crippen molar-refractivity contribution in [2.24, 2.45) is 11.8 Å². The van der Waals surface area contributed by atoms with Crippen molar-refractivity contribution < 1.29 is 22.8 Å². The van der Waals surface area contributed by atoms with E-state index in [1.807, 2.05) is 36.0 Å². The van der Waals surface area contributed by atoms with Crippen LogP contribution in [-0.4, -0.2) is 67.3 Å². The van der Waals surface area contributed by atoms with Gasteiger partial charge in [-0.15, -0.1) is 0 Å². The van der Waals surface area contributed by atoms with Crippen molar-refractivity contribution in [1.29, 1.82) is 5.26 Å². The molecule has 0 spiro atoms. The Morgan fingerprint density at radius 2 is 1.84 bits per heavy atom. The number of nitrogens with zero attached hydrogens (tertiary/aromatic N) is 3. The summed E-state index contributed by atoms with van der Waals surface area (Å²) in [7, 11) is 1.69. The number of carbonyl (C=O) groups is 2. The molecule has 1 aromatic carbocycles. The molecule has 1 amide bonds. The van der Waals surface area contributed by atoms with Gasteiger partial charge in [0.1, 0.15) is 6.79 Å². The molecule has 0 atom stereocenters. The lowest BCUT2D eigenvalue weighted by atomic mass is 9.80. The maximum absolute atomic E-state index is 12.3. The first-order valence-electron chi connectivity index (χ1n) is 10.5. The van der Waals surface area contributed by atoms with E-state index in [-0.39, 0.29) is 30.7 Å². The van der Waals surface area contributed by atoms with E-state index in [2.05, 4.69) is 15.7 Å². The molecule has 0 aromatic heterocycles. The van der Waals surface area contributed by atoms with Crippen LogP contribution in [0.25, 0.3) is 0 Å². The largest absolute Gasteiger partial charge is 0.391 e. The average Bonchev–Trinajstić information content (AvgIpc) is 3.25. The third kappa shape index (κ3) is 7.22. The number of amides is 1. The summed E-state index contributed by atoms with van der Waals surface area (Å²) in [6.07, 6.45) is -1.24. The Bertz CT molecular complexity index is 784. The summed E-state index contributed by atoms with van der Waals surface area (Å²) in [5.74, 6) is -0.745. The fourth-order valence-corrected chi connectivity index (χ4v) is 4.78. The van der Waals surface area contributed by atoms with Crippen LogP contribution < -0.4 is 5.32 Å². The normalized spacial score (nSPS) is 22.9. The van der Waals surface area contributed by atoms with Gasteiger partial charge >= 0.3 is 6.18 Å². The van der Waals surface area contributed by atoms with Crippen LogP contribution in [0.1, 0.15) is 36.0 Å². The van der Waals surface area contributed by atoms with Crippen molar-refractivity contribution in [3.05, 3.63) is 29.8 Å². The van der Waals surface area contributed by atoms with Crippen LogP contribution in [0.3, 0.4) is 0 Å². The highest BCUT2D eigenvalue weighted by Gasteiger charge is 2.47. The fourth-order valence-electron chi connectivity index (χ4n) is 3.65. The van der Waals surface area contributed by atoms with E-state index < -0.39 is 12.1 Å². The number of nitriles is 1. The second-order valence-corrected chi connectivity index (χ2v) is 9.16.